The van der Waals surface area contributed by atoms with Gasteiger partial charge in [0.2, 0.25) is 17.7 Å². The molecule has 0 aliphatic rings. The normalized spacial score (nSPS) is 12.1. The smallest absolute Gasteiger partial charge is 0.340 e. The van der Waals surface area contributed by atoms with Gasteiger partial charge in [0.25, 0.3) is 0 Å². The summed E-state index contributed by atoms with van der Waals surface area (Å²) in [5, 5.41) is 18.0. The topological polar surface area (TPSA) is 151 Å². The van der Waals surface area contributed by atoms with Crippen LogP contribution in [0.3, 0.4) is 0 Å². The summed E-state index contributed by atoms with van der Waals surface area (Å²) in [6.07, 6.45) is -0.976. The van der Waals surface area contributed by atoms with E-state index in [0.29, 0.717) is 22.1 Å². The zero-order chi connectivity index (χ0) is 25.2. The number of hydrogen-bond acceptors (Lipinski definition) is 7. The van der Waals surface area contributed by atoms with Crippen molar-refractivity contribution in [3.63, 3.8) is 0 Å². The Balaban J connectivity index is 1.72. The van der Waals surface area contributed by atoms with E-state index in [9.17, 15) is 19.2 Å². The van der Waals surface area contributed by atoms with Crippen LogP contribution in [0.2, 0.25) is 0 Å². The lowest BCUT2D eigenvalue weighted by atomic mass is 9.98. The highest BCUT2D eigenvalue weighted by atomic mass is 16.4. The van der Waals surface area contributed by atoms with Gasteiger partial charge in [0, 0.05) is 11.9 Å². The van der Waals surface area contributed by atoms with Gasteiger partial charge in [0.15, 0.2) is 0 Å². The molecular weight excluding hydrogens is 442 g/mol. The monoisotopic (exact) mass is 471 g/mol. The lowest BCUT2D eigenvalue weighted by Gasteiger charge is -2.11. The van der Waals surface area contributed by atoms with Crippen LogP contribution in [0.15, 0.2) is 19.7 Å². The molecule has 0 bridgehead atoms. The highest BCUT2D eigenvalue weighted by Gasteiger charge is 2.21. The fourth-order valence-electron chi connectivity index (χ4n) is 3.80. The number of aryl methyl sites for hydroxylation is 4. The average Bonchev–Trinajstić information content (AvgIpc) is 3.06. The fourth-order valence-corrected chi connectivity index (χ4v) is 3.80. The highest BCUT2D eigenvalue weighted by Crippen LogP contribution is 2.35. The molecule has 0 aliphatic carbocycles. The molecule has 3 aromatic rings. The Labute approximate surface area is 195 Å². The largest absolute Gasteiger partial charge is 0.460 e. The third kappa shape index (κ3) is 5.28. The van der Waals surface area contributed by atoms with Crippen LogP contribution in [-0.4, -0.2) is 48.6 Å². The second kappa shape index (κ2) is 10.1. The van der Waals surface area contributed by atoms with Gasteiger partial charge < -0.3 is 29.9 Å². The standard InChI is InChI=1S/C24H29N3O7/c1-11-6-17-22(23-21(11)13(3)15(5)33-23)14(4)16(24(32)34-17)7-18(29)26-9-20(31)27-10-19(30)25-8-12(2)28/h6,12,28H,7-10H2,1-5H3,(H,25,30)(H,26,29)(H,27,31)/t12-/m1/s1. The van der Waals surface area contributed by atoms with Gasteiger partial charge in [-0.25, -0.2) is 4.79 Å². The molecule has 2 heterocycles. The Bertz CT molecular complexity index is 1330. The van der Waals surface area contributed by atoms with Crippen LogP contribution >= 0.6 is 0 Å². The second-order valence-corrected chi connectivity index (χ2v) is 8.43. The predicted molar refractivity (Wildman–Crippen MR) is 126 cm³/mol. The maximum Gasteiger partial charge on any atom is 0.340 e. The van der Waals surface area contributed by atoms with E-state index in [2.05, 4.69) is 16.0 Å². The summed E-state index contributed by atoms with van der Waals surface area (Å²) in [5.41, 5.74) is 3.07. The van der Waals surface area contributed by atoms with Gasteiger partial charge in [-0.15, -0.1) is 0 Å². The van der Waals surface area contributed by atoms with Crippen LogP contribution < -0.4 is 21.6 Å². The van der Waals surface area contributed by atoms with Crippen molar-refractivity contribution < 1.29 is 28.3 Å². The van der Waals surface area contributed by atoms with Crippen LogP contribution in [0.25, 0.3) is 21.9 Å². The predicted octanol–water partition coefficient (Wildman–Crippen LogP) is 1.04. The molecule has 10 heteroatoms. The molecule has 1 atom stereocenters. The molecule has 34 heavy (non-hydrogen) atoms. The Hall–Kier alpha value is -3.66. The molecule has 0 aliphatic heterocycles. The van der Waals surface area contributed by atoms with Crippen molar-refractivity contribution in [2.45, 2.75) is 47.1 Å². The first kappa shape index (κ1) is 25.0. The first-order chi connectivity index (χ1) is 16.0. The number of fused-ring (bicyclic) bond motifs is 3. The number of carbonyl (C=O) groups excluding carboxylic acids is 3. The fraction of sp³-hybridized carbons (Fsp3) is 0.417. The van der Waals surface area contributed by atoms with Crippen molar-refractivity contribution in [1.29, 1.82) is 0 Å². The van der Waals surface area contributed by atoms with Gasteiger partial charge >= 0.3 is 5.63 Å². The van der Waals surface area contributed by atoms with Crippen molar-refractivity contribution in [3.05, 3.63) is 44.5 Å². The summed E-state index contributed by atoms with van der Waals surface area (Å²) in [7, 11) is 0. The van der Waals surface area contributed by atoms with E-state index in [4.69, 9.17) is 13.9 Å². The zero-order valence-corrected chi connectivity index (χ0v) is 19.9. The Morgan fingerprint density at radius 2 is 1.53 bits per heavy atom. The van der Waals surface area contributed by atoms with E-state index in [-0.39, 0.29) is 31.6 Å². The van der Waals surface area contributed by atoms with Crippen LogP contribution in [0.4, 0.5) is 0 Å². The number of nitrogens with one attached hydrogen (secondary N) is 3. The molecule has 3 rings (SSSR count). The van der Waals surface area contributed by atoms with E-state index >= 15 is 0 Å². The molecule has 0 fully saturated rings. The molecule has 4 N–H and O–H groups in total. The van der Waals surface area contributed by atoms with Crippen molar-refractivity contribution in [3.8, 4) is 0 Å². The van der Waals surface area contributed by atoms with Gasteiger partial charge in [0.05, 0.1) is 36.6 Å². The molecule has 0 radical (unpaired) electrons. The number of aliphatic hydroxyl groups excluding tert-OH is 1. The molecular formula is C24H29N3O7. The zero-order valence-electron chi connectivity index (χ0n) is 19.9. The van der Waals surface area contributed by atoms with E-state index in [1.807, 2.05) is 20.8 Å². The van der Waals surface area contributed by atoms with Crippen LogP contribution in [0.5, 0.6) is 0 Å². The first-order valence-corrected chi connectivity index (χ1v) is 10.9. The molecule has 2 aromatic heterocycles. The summed E-state index contributed by atoms with van der Waals surface area (Å²) < 4.78 is 11.5. The number of rotatable bonds is 8. The SMILES string of the molecule is Cc1oc2c(c(C)cc3oc(=O)c(CC(=O)NCC(=O)NCC(=O)NC[C@@H](C)O)c(C)c32)c1C. The Morgan fingerprint density at radius 3 is 2.18 bits per heavy atom. The molecule has 0 unspecified atom stereocenters. The third-order valence-corrected chi connectivity index (χ3v) is 5.70. The van der Waals surface area contributed by atoms with Crippen molar-refractivity contribution in [2.75, 3.05) is 19.6 Å². The minimum atomic E-state index is -0.698. The average molecular weight is 472 g/mol. The minimum absolute atomic E-state index is 0.0716. The number of hydrogen-bond donors (Lipinski definition) is 4. The number of carbonyl (C=O) groups is 3. The maximum absolute atomic E-state index is 12.6. The van der Waals surface area contributed by atoms with Gasteiger partial charge in [-0.3, -0.25) is 14.4 Å². The molecule has 182 valence electrons. The van der Waals surface area contributed by atoms with Crippen molar-refractivity contribution >= 4 is 39.7 Å². The molecule has 10 nitrogen and oxygen atoms in total. The first-order valence-electron chi connectivity index (χ1n) is 10.9. The van der Waals surface area contributed by atoms with Gasteiger partial charge in [-0.1, -0.05) is 0 Å². The summed E-state index contributed by atoms with van der Waals surface area (Å²) in [4.78, 5) is 48.6. The van der Waals surface area contributed by atoms with E-state index in [1.165, 1.54) is 6.92 Å². The Kier molecular flexibility index (Phi) is 7.41. The summed E-state index contributed by atoms with van der Waals surface area (Å²) in [6.45, 7) is 8.43. The third-order valence-electron chi connectivity index (χ3n) is 5.70. The van der Waals surface area contributed by atoms with E-state index in [1.54, 1.807) is 13.0 Å². The maximum atomic E-state index is 12.6. The highest BCUT2D eigenvalue weighted by molar-refractivity contribution is 6.07. The number of benzene rings is 1. The van der Waals surface area contributed by atoms with Gasteiger partial charge in [0.1, 0.15) is 16.9 Å². The van der Waals surface area contributed by atoms with E-state index < -0.39 is 29.5 Å². The molecule has 1 aromatic carbocycles. The van der Waals surface area contributed by atoms with Crippen molar-refractivity contribution in [1.82, 2.24) is 16.0 Å². The van der Waals surface area contributed by atoms with E-state index in [0.717, 1.165) is 22.3 Å². The Morgan fingerprint density at radius 1 is 0.912 bits per heavy atom. The number of aliphatic hydroxyl groups is 1. The molecule has 0 saturated carbocycles. The molecule has 0 spiro atoms. The van der Waals surface area contributed by atoms with Crippen LogP contribution in [0, 0.1) is 27.7 Å². The summed E-state index contributed by atoms with van der Waals surface area (Å²) in [6, 6.07) is 1.79. The lowest BCUT2D eigenvalue weighted by Crippen LogP contribution is -2.43. The second-order valence-electron chi connectivity index (χ2n) is 8.43. The van der Waals surface area contributed by atoms with Crippen molar-refractivity contribution in [2.24, 2.45) is 0 Å². The van der Waals surface area contributed by atoms with Gasteiger partial charge in [-0.05, 0) is 57.4 Å². The van der Waals surface area contributed by atoms with Crippen LogP contribution in [0.1, 0.15) is 34.9 Å². The number of amides is 3. The lowest BCUT2D eigenvalue weighted by molar-refractivity contribution is -0.127. The summed E-state index contributed by atoms with van der Waals surface area (Å²) in [5.74, 6) is -0.809. The van der Waals surface area contributed by atoms with Crippen LogP contribution in [-0.2, 0) is 20.8 Å². The molecule has 0 saturated heterocycles. The summed E-state index contributed by atoms with van der Waals surface area (Å²) >= 11 is 0. The minimum Gasteiger partial charge on any atom is -0.460 e. The van der Waals surface area contributed by atoms with Gasteiger partial charge in [-0.2, -0.15) is 0 Å². The quantitative estimate of drug-likeness (QED) is 0.358. The number of furan rings is 1. The molecule has 3 amide bonds.